The Bertz CT molecular complexity index is 8.00. The third-order valence-electron chi connectivity index (χ3n) is 0. The molecule has 0 fully saturated rings. The van der Waals surface area contributed by atoms with Crippen molar-refractivity contribution in [1.29, 1.82) is 0 Å². The minimum absolute atomic E-state index is 0.637. The first kappa shape index (κ1) is 4.87. The van der Waals surface area contributed by atoms with Crippen molar-refractivity contribution in [3.05, 3.63) is 0 Å². The van der Waals surface area contributed by atoms with Crippen LogP contribution in [-0.2, 0) is 0 Å². The Kier molecular flexibility index (Phi) is 2.59. The van der Waals surface area contributed by atoms with E-state index in [1.807, 2.05) is 0 Å². The minimum atomic E-state index is -0.637. The topological polar surface area (TPSA) is 0 Å². The first-order valence-electron chi connectivity index (χ1n) is 1.73. The molecule has 0 unspecified atom stereocenters. The molecule has 0 aliphatic rings. The van der Waals surface area contributed by atoms with Gasteiger partial charge in [0.25, 0.3) is 0 Å². The first-order chi connectivity index (χ1) is 1.73. The van der Waals surface area contributed by atoms with Crippen LogP contribution in [0.5, 0.6) is 0 Å². The van der Waals surface area contributed by atoms with Gasteiger partial charge in [-0.2, -0.15) is 0 Å². The van der Waals surface area contributed by atoms with Crippen LogP contribution >= 0.6 is 0 Å². The maximum absolute atomic E-state index is 2.38. The van der Waals surface area contributed by atoms with Crippen molar-refractivity contribution in [2.24, 2.45) is 0 Å². The summed E-state index contributed by atoms with van der Waals surface area (Å²) in [4.78, 5) is 0. The Morgan fingerprint density at radius 3 is 1.00 bits per heavy atom. The van der Waals surface area contributed by atoms with Gasteiger partial charge in [0.1, 0.15) is 0 Å². The zero-order chi connectivity index (χ0) is 3.58. The fraction of sp³-hybridized carbons (Fsp3) is 1.00. The van der Waals surface area contributed by atoms with Crippen LogP contribution in [-0.4, -0.2) is 21.4 Å². The number of hydrogen-bond acceptors (Lipinski definition) is 0. The van der Waals surface area contributed by atoms with E-state index < -0.39 is 21.4 Å². The summed E-state index contributed by atoms with van der Waals surface area (Å²) in [5, 5.41) is 0. The molecule has 0 radical (unpaired) electrons. The molecule has 0 atom stereocenters. The molecule has 0 aliphatic heterocycles. The van der Waals surface area contributed by atoms with Crippen LogP contribution in [0.4, 0.5) is 0 Å². The van der Waals surface area contributed by atoms with Crippen LogP contribution in [0, 0.1) is 0 Å². The third-order valence-corrected chi connectivity index (χ3v) is 0. The van der Waals surface area contributed by atoms with Crippen LogP contribution in [0.25, 0.3) is 0 Å². The molecule has 1 heteroatoms. The zero-order valence-corrected chi connectivity index (χ0v) is 6.87. The van der Waals surface area contributed by atoms with Crippen LogP contribution in [0.2, 0.25) is 14.0 Å². The molecular weight excluding hydrogens is 42.0 g/mol. The van der Waals surface area contributed by atoms with E-state index in [4.69, 9.17) is 0 Å². The third kappa shape index (κ3) is 13.3. The van der Waals surface area contributed by atoms with Crippen molar-refractivity contribution < 1.29 is 0 Å². The normalized spacial score (nSPS) is 6.75. The van der Waals surface area contributed by atoms with Gasteiger partial charge in [-0.15, -0.1) is 0 Å². The quantitative estimate of drug-likeness (QED) is 0.390. The predicted molar refractivity (Wildman–Crippen MR) is 23.3 cm³/mol. The van der Waals surface area contributed by atoms with E-state index in [-0.39, 0.29) is 0 Å². The van der Waals surface area contributed by atoms with Crippen LogP contribution in [0.3, 0.4) is 0 Å². The Labute approximate surface area is 35.7 Å². The van der Waals surface area contributed by atoms with E-state index in [9.17, 15) is 0 Å². The van der Waals surface area contributed by atoms with Gasteiger partial charge in [0.2, 0.25) is 0 Å². The number of hydrogen-bond donors (Lipinski definition) is 0. The van der Waals surface area contributed by atoms with Gasteiger partial charge in [-0.1, -0.05) is 0 Å². The summed E-state index contributed by atoms with van der Waals surface area (Å²) in [6, 6.07) is 0. The van der Waals surface area contributed by atoms with E-state index in [1.165, 1.54) is 0 Å². The summed E-state index contributed by atoms with van der Waals surface area (Å²) in [7, 11) is 0. The van der Waals surface area contributed by atoms with Gasteiger partial charge >= 0.3 is 35.5 Å². The van der Waals surface area contributed by atoms with E-state index in [0.29, 0.717) is 0 Å². The van der Waals surface area contributed by atoms with E-state index in [1.54, 1.807) is 0 Å². The Morgan fingerprint density at radius 1 is 1.00 bits per heavy atom. The zero-order valence-electron chi connectivity index (χ0n) is 3.58. The maximum atomic E-state index is 2.38. The summed E-state index contributed by atoms with van der Waals surface area (Å²) in [5.41, 5.74) is 0. The van der Waals surface area contributed by atoms with Crippen molar-refractivity contribution in [2.45, 2.75) is 14.0 Å². The number of rotatable bonds is 0. The van der Waals surface area contributed by atoms with E-state index in [0.717, 1.165) is 0 Å². The van der Waals surface area contributed by atoms with Crippen LogP contribution in [0.15, 0.2) is 0 Å². The SMILES string of the molecule is [CH3][6In]([CH3])[CH3]. The molecular formula is C3H9In. The molecule has 24 valence electrons. The predicted octanol–water partition coefficient (Wildman–Crippen LogP) is 1.37. The first-order valence-corrected chi connectivity index (χ1v) is 11.6. The standard InChI is InChI=1S/3CH3.In/h3*1H3;/i;;;1+48. The van der Waals surface area contributed by atoms with Gasteiger partial charge in [-0.3, -0.25) is 0 Å². The Morgan fingerprint density at radius 2 is 1.00 bits per heavy atom. The molecule has 0 aromatic heterocycles. The fourth-order valence-electron chi connectivity index (χ4n) is 0. The molecule has 0 amide bonds. The summed E-state index contributed by atoms with van der Waals surface area (Å²) >= 11 is -0.637. The Balaban J connectivity index is 2.32. The van der Waals surface area contributed by atoms with Crippen molar-refractivity contribution in [3.63, 3.8) is 0 Å². The second-order valence-electron chi connectivity index (χ2n) is 1.73. The van der Waals surface area contributed by atoms with Gasteiger partial charge in [0.05, 0.1) is 0 Å². The van der Waals surface area contributed by atoms with Crippen LogP contribution in [0.1, 0.15) is 0 Å². The molecule has 4 heavy (non-hydrogen) atoms. The van der Waals surface area contributed by atoms with Crippen LogP contribution < -0.4 is 0 Å². The molecule has 0 N–H and O–H groups in total. The fourth-order valence-corrected chi connectivity index (χ4v) is 0. The molecule has 0 aromatic rings. The average molecular weight is 51.1 g/mol. The summed E-state index contributed by atoms with van der Waals surface area (Å²) in [5.74, 6) is 0. The second-order valence-corrected chi connectivity index (χ2v) is 11.6. The van der Waals surface area contributed by atoms with Gasteiger partial charge < -0.3 is 0 Å². The van der Waals surface area contributed by atoms with Crippen molar-refractivity contribution >= 4 is 21.4 Å². The molecule has 0 saturated heterocycles. The molecule has 0 heterocycles. The van der Waals surface area contributed by atoms with Gasteiger partial charge in [0, 0.05) is 0 Å². The van der Waals surface area contributed by atoms with Crippen molar-refractivity contribution in [1.82, 2.24) is 0 Å². The second kappa shape index (κ2) is 2.13. The van der Waals surface area contributed by atoms with Crippen molar-refractivity contribution in [3.8, 4) is 0 Å². The van der Waals surface area contributed by atoms with Gasteiger partial charge in [0.15, 0.2) is 0 Å². The van der Waals surface area contributed by atoms with E-state index in [2.05, 4.69) is 14.0 Å². The average Bonchev–Trinajstić information content (AvgIpc) is 0.811. The van der Waals surface area contributed by atoms with Gasteiger partial charge in [-0.05, 0) is 0 Å². The van der Waals surface area contributed by atoms with Crippen molar-refractivity contribution in [2.75, 3.05) is 0 Å². The molecule has 0 rings (SSSR count). The monoisotopic (exact) mass is 51.1 g/mol. The summed E-state index contributed by atoms with van der Waals surface area (Å²) in [6.07, 6.45) is 0. The summed E-state index contributed by atoms with van der Waals surface area (Å²) in [6.45, 7) is 0. The molecule has 0 saturated carbocycles. The Hall–Kier alpha value is 0.870. The molecule has 0 aliphatic carbocycles. The molecule has 0 nitrogen and oxygen atoms in total. The van der Waals surface area contributed by atoms with E-state index >= 15 is 0 Å². The van der Waals surface area contributed by atoms with Gasteiger partial charge in [-0.25, -0.2) is 0 Å². The molecule has 0 spiro atoms. The molecule has 0 aromatic carbocycles. The summed E-state index contributed by atoms with van der Waals surface area (Å²) < 4.78 is 7.13. The molecule has 0 bridgehead atoms.